The third kappa shape index (κ3) is 4.32. The van der Waals surface area contributed by atoms with Gasteiger partial charge in [-0.05, 0) is 6.92 Å². The second-order valence-corrected chi connectivity index (χ2v) is 4.07. The first-order valence-electron chi connectivity index (χ1n) is 6.12. The molecule has 0 bridgehead atoms. The monoisotopic (exact) mass is 242 g/mol. The van der Waals surface area contributed by atoms with Crippen LogP contribution in [0, 0.1) is 0 Å². The molecule has 0 aromatic carbocycles. The number of nitrogens with zero attached hydrogens (tertiary/aromatic N) is 1. The predicted octanol–water partition coefficient (Wildman–Crippen LogP) is -1.47. The summed E-state index contributed by atoms with van der Waals surface area (Å²) in [6, 6.07) is -0.164. The lowest BCUT2D eigenvalue weighted by Crippen LogP contribution is -2.57. The third-order valence-corrected chi connectivity index (χ3v) is 2.90. The Balaban J connectivity index is 2.42. The van der Waals surface area contributed by atoms with Crippen molar-refractivity contribution in [1.29, 1.82) is 0 Å². The largest absolute Gasteiger partial charge is 0.358 e. The molecule has 0 radical (unpaired) electrons. The standard InChI is InChI=1S/C11H22N4O2/c1-3-14-10(16)4-6-15-7-5-13-8-9(15)11(17)12-2/h9,13H,3-8H2,1-2H3,(H,12,17)(H,14,16). The van der Waals surface area contributed by atoms with Gasteiger partial charge in [0.15, 0.2) is 0 Å². The van der Waals surface area contributed by atoms with Gasteiger partial charge in [0.2, 0.25) is 11.8 Å². The van der Waals surface area contributed by atoms with E-state index in [4.69, 9.17) is 0 Å². The molecular formula is C11H22N4O2. The second-order valence-electron chi connectivity index (χ2n) is 4.07. The van der Waals surface area contributed by atoms with E-state index >= 15 is 0 Å². The normalized spacial score (nSPS) is 20.9. The number of carbonyl (C=O) groups excluding carboxylic acids is 2. The molecule has 17 heavy (non-hydrogen) atoms. The fraction of sp³-hybridized carbons (Fsp3) is 0.818. The van der Waals surface area contributed by atoms with Gasteiger partial charge in [-0.2, -0.15) is 0 Å². The first-order chi connectivity index (χ1) is 8.19. The van der Waals surface area contributed by atoms with Crippen LogP contribution in [0.15, 0.2) is 0 Å². The van der Waals surface area contributed by atoms with Crippen molar-refractivity contribution < 1.29 is 9.59 Å². The maximum Gasteiger partial charge on any atom is 0.238 e. The van der Waals surface area contributed by atoms with Crippen molar-refractivity contribution in [3.05, 3.63) is 0 Å². The number of carbonyl (C=O) groups is 2. The minimum absolute atomic E-state index is 0.00750. The highest BCUT2D eigenvalue weighted by molar-refractivity contribution is 5.82. The Hall–Kier alpha value is -1.14. The number of hydrogen-bond acceptors (Lipinski definition) is 4. The minimum Gasteiger partial charge on any atom is -0.358 e. The van der Waals surface area contributed by atoms with E-state index < -0.39 is 0 Å². The molecule has 1 fully saturated rings. The highest BCUT2D eigenvalue weighted by atomic mass is 16.2. The molecule has 1 saturated heterocycles. The van der Waals surface area contributed by atoms with Crippen molar-refractivity contribution in [2.45, 2.75) is 19.4 Å². The van der Waals surface area contributed by atoms with Gasteiger partial charge in [-0.1, -0.05) is 0 Å². The molecule has 98 valence electrons. The van der Waals surface area contributed by atoms with E-state index in [2.05, 4.69) is 20.9 Å². The number of rotatable bonds is 5. The molecule has 0 aromatic heterocycles. The van der Waals surface area contributed by atoms with Crippen LogP contribution in [0.2, 0.25) is 0 Å². The molecule has 0 spiro atoms. The van der Waals surface area contributed by atoms with E-state index in [1.807, 2.05) is 6.92 Å². The molecule has 6 nitrogen and oxygen atoms in total. The van der Waals surface area contributed by atoms with Crippen LogP contribution in [-0.4, -0.2) is 62.5 Å². The summed E-state index contributed by atoms with van der Waals surface area (Å²) in [6.45, 7) is 5.50. The van der Waals surface area contributed by atoms with Gasteiger partial charge in [0.25, 0.3) is 0 Å². The summed E-state index contributed by atoms with van der Waals surface area (Å²) in [5.41, 5.74) is 0. The highest BCUT2D eigenvalue weighted by Gasteiger charge is 2.27. The SMILES string of the molecule is CCNC(=O)CCN1CCNCC1C(=O)NC. The fourth-order valence-corrected chi connectivity index (χ4v) is 1.97. The Kier molecular flexibility index (Phi) is 5.93. The molecule has 1 unspecified atom stereocenters. The average molecular weight is 242 g/mol. The van der Waals surface area contributed by atoms with Gasteiger partial charge < -0.3 is 16.0 Å². The van der Waals surface area contributed by atoms with E-state index in [9.17, 15) is 9.59 Å². The van der Waals surface area contributed by atoms with Crippen LogP contribution in [-0.2, 0) is 9.59 Å². The number of nitrogens with one attached hydrogen (secondary N) is 3. The lowest BCUT2D eigenvalue weighted by molar-refractivity contribution is -0.128. The second kappa shape index (κ2) is 7.24. The zero-order chi connectivity index (χ0) is 12.7. The van der Waals surface area contributed by atoms with Crippen LogP contribution in [0.5, 0.6) is 0 Å². The third-order valence-electron chi connectivity index (χ3n) is 2.90. The van der Waals surface area contributed by atoms with Gasteiger partial charge in [0.1, 0.15) is 6.04 Å². The molecule has 1 heterocycles. The Morgan fingerprint density at radius 2 is 2.24 bits per heavy atom. The first kappa shape index (κ1) is 13.9. The van der Waals surface area contributed by atoms with Crippen molar-refractivity contribution in [2.24, 2.45) is 0 Å². The van der Waals surface area contributed by atoms with E-state index in [0.29, 0.717) is 26.1 Å². The summed E-state index contributed by atoms with van der Waals surface area (Å²) < 4.78 is 0. The average Bonchev–Trinajstić information content (AvgIpc) is 2.36. The van der Waals surface area contributed by atoms with Crippen LogP contribution < -0.4 is 16.0 Å². The Morgan fingerprint density at radius 3 is 2.88 bits per heavy atom. The lowest BCUT2D eigenvalue weighted by Gasteiger charge is -2.34. The van der Waals surface area contributed by atoms with Crippen LogP contribution in [0.4, 0.5) is 0 Å². The van der Waals surface area contributed by atoms with Gasteiger partial charge in [-0.25, -0.2) is 0 Å². The number of piperazine rings is 1. The van der Waals surface area contributed by atoms with E-state index in [1.54, 1.807) is 7.05 Å². The van der Waals surface area contributed by atoms with Gasteiger partial charge in [0.05, 0.1) is 0 Å². The molecule has 2 amide bonds. The summed E-state index contributed by atoms with van der Waals surface area (Å²) in [7, 11) is 1.64. The van der Waals surface area contributed by atoms with E-state index in [-0.39, 0.29) is 17.9 Å². The molecule has 1 rings (SSSR count). The summed E-state index contributed by atoms with van der Waals surface area (Å²) >= 11 is 0. The minimum atomic E-state index is -0.164. The van der Waals surface area contributed by atoms with Crippen LogP contribution >= 0.6 is 0 Å². The zero-order valence-corrected chi connectivity index (χ0v) is 10.6. The Labute approximate surface area is 102 Å². The summed E-state index contributed by atoms with van der Waals surface area (Å²) in [5.74, 6) is 0.0507. The first-order valence-corrected chi connectivity index (χ1v) is 6.12. The highest BCUT2D eigenvalue weighted by Crippen LogP contribution is 2.04. The maximum absolute atomic E-state index is 11.7. The van der Waals surface area contributed by atoms with Gasteiger partial charge in [-0.3, -0.25) is 14.5 Å². The molecular weight excluding hydrogens is 220 g/mol. The molecule has 0 aliphatic carbocycles. The van der Waals surface area contributed by atoms with Crippen molar-refractivity contribution in [2.75, 3.05) is 39.8 Å². The quantitative estimate of drug-likeness (QED) is 0.550. The lowest BCUT2D eigenvalue weighted by atomic mass is 10.1. The number of amides is 2. The fourth-order valence-electron chi connectivity index (χ4n) is 1.97. The molecule has 0 saturated carbocycles. The topological polar surface area (TPSA) is 73.5 Å². The molecule has 0 aromatic rings. The summed E-state index contributed by atoms with van der Waals surface area (Å²) in [4.78, 5) is 25.1. The van der Waals surface area contributed by atoms with Gasteiger partial charge in [-0.15, -0.1) is 0 Å². The van der Waals surface area contributed by atoms with Crippen molar-refractivity contribution in [3.63, 3.8) is 0 Å². The maximum atomic E-state index is 11.7. The van der Waals surface area contributed by atoms with Gasteiger partial charge in [0, 0.05) is 46.2 Å². The van der Waals surface area contributed by atoms with Gasteiger partial charge >= 0.3 is 0 Å². The number of likely N-dealkylation sites (N-methyl/N-ethyl adjacent to an activating group) is 1. The molecule has 1 aliphatic rings. The Morgan fingerprint density at radius 1 is 1.47 bits per heavy atom. The number of hydrogen-bond donors (Lipinski definition) is 3. The van der Waals surface area contributed by atoms with E-state index in [0.717, 1.165) is 13.1 Å². The Bertz CT molecular complexity index is 270. The smallest absolute Gasteiger partial charge is 0.238 e. The van der Waals surface area contributed by atoms with Crippen molar-refractivity contribution >= 4 is 11.8 Å². The van der Waals surface area contributed by atoms with Crippen LogP contribution in [0.25, 0.3) is 0 Å². The summed E-state index contributed by atoms with van der Waals surface area (Å²) in [5, 5.41) is 8.61. The molecule has 6 heteroatoms. The molecule has 1 aliphatic heterocycles. The predicted molar refractivity (Wildman–Crippen MR) is 65.6 cm³/mol. The molecule has 1 atom stereocenters. The van der Waals surface area contributed by atoms with Crippen molar-refractivity contribution in [1.82, 2.24) is 20.9 Å². The zero-order valence-electron chi connectivity index (χ0n) is 10.6. The summed E-state index contributed by atoms with van der Waals surface area (Å²) in [6.07, 6.45) is 0.446. The molecule has 3 N–H and O–H groups in total. The van der Waals surface area contributed by atoms with Crippen LogP contribution in [0.3, 0.4) is 0 Å². The van der Waals surface area contributed by atoms with Crippen molar-refractivity contribution in [3.8, 4) is 0 Å². The van der Waals surface area contributed by atoms with E-state index in [1.165, 1.54) is 0 Å². The van der Waals surface area contributed by atoms with Crippen LogP contribution in [0.1, 0.15) is 13.3 Å².